The summed E-state index contributed by atoms with van der Waals surface area (Å²) < 4.78 is 2.09. The summed E-state index contributed by atoms with van der Waals surface area (Å²) in [5.41, 5.74) is 6.69. The van der Waals surface area contributed by atoms with Gasteiger partial charge < -0.3 is 5.32 Å². The number of hydrogen-bond donors (Lipinski definition) is 1. The maximum absolute atomic E-state index is 4.84. The second-order valence-electron chi connectivity index (χ2n) is 8.18. The topological polar surface area (TPSA) is 33.1 Å². The van der Waals surface area contributed by atoms with Crippen molar-refractivity contribution in [2.24, 2.45) is 7.05 Å². The number of nitrogens with zero attached hydrogens (tertiary/aromatic N) is 3. The Morgan fingerprint density at radius 2 is 1.70 bits per heavy atom. The first-order chi connectivity index (χ1) is 14.8. The van der Waals surface area contributed by atoms with Crippen LogP contribution >= 0.6 is 0 Å². The quantitative estimate of drug-likeness (QED) is 0.524. The molecule has 4 aromatic rings. The number of aryl methyl sites for hydroxylation is 1. The average Bonchev–Trinajstić information content (AvgIpc) is 3.10. The molecule has 0 atom stereocenters. The molecule has 0 unspecified atom stereocenters. The molecule has 3 aromatic carbocycles. The van der Waals surface area contributed by atoms with Crippen molar-refractivity contribution in [3.8, 4) is 0 Å². The van der Waals surface area contributed by atoms with Gasteiger partial charge in [0.15, 0.2) is 0 Å². The Morgan fingerprint density at radius 1 is 0.900 bits per heavy atom. The van der Waals surface area contributed by atoms with Gasteiger partial charge in [0.1, 0.15) is 0 Å². The van der Waals surface area contributed by atoms with Crippen molar-refractivity contribution in [1.29, 1.82) is 0 Å². The van der Waals surface area contributed by atoms with Crippen LogP contribution in [0.15, 0.2) is 72.8 Å². The van der Waals surface area contributed by atoms with Crippen LogP contribution in [-0.2, 0) is 39.6 Å². The Hall–Kier alpha value is -2.95. The standard InChI is InChI=1S/C26H28N4/c1-29-26-14-15-30(18-22-12-7-11-21-10-5-6-13-23(21)22)19-24(26)25(28-29)17-27-16-20-8-3-2-4-9-20/h2-13,27H,14-19H2,1H3. The zero-order valence-corrected chi connectivity index (χ0v) is 17.5. The number of hydrogen-bond acceptors (Lipinski definition) is 3. The lowest BCUT2D eigenvalue weighted by molar-refractivity contribution is 0.243. The van der Waals surface area contributed by atoms with E-state index in [1.165, 1.54) is 38.9 Å². The molecule has 0 saturated carbocycles. The fourth-order valence-corrected chi connectivity index (χ4v) is 4.59. The van der Waals surface area contributed by atoms with Crippen LogP contribution in [0.1, 0.15) is 28.1 Å². The predicted octanol–water partition coefficient (Wildman–Crippen LogP) is 4.42. The van der Waals surface area contributed by atoms with Gasteiger partial charge in [-0.05, 0) is 21.9 Å². The lowest BCUT2D eigenvalue weighted by atomic mass is 10.0. The van der Waals surface area contributed by atoms with Gasteiger partial charge in [0.2, 0.25) is 0 Å². The molecule has 1 aromatic heterocycles. The van der Waals surface area contributed by atoms with Crippen LogP contribution in [0.25, 0.3) is 10.8 Å². The highest BCUT2D eigenvalue weighted by molar-refractivity contribution is 5.85. The van der Waals surface area contributed by atoms with Crippen molar-refractivity contribution in [1.82, 2.24) is 20.0 Å². The van der Waals surface area contributed by atoms with Crippen molar-refractivity contribution in [2.45, 2.75) is 32.6 Å². The highest BCUT2D eigenvalue weighted by Gasteiger charge is 2.24. The number of rotatable bonds is 6. The molecule has 0 aliphatic carbocycles. The number of aromatic nitrogens is 2. The monoisotopic (exact) mass is 396 g/mol. The molecule has 0 amide bonds. The highest BCUT2D eigenvalue weighted by Crippen LogP contribution is 2.26. The third kappa shape index (κ3) is 3.89. The summed E-state index contributed by atoms with van der Waals surface area (Å²) in [5, 5.41) is 11.1. The normalized spacial score (nSPS) is 14.2. The van der Waals surface area contributed by atoms with Crippen LogP contribution in [0.5, 0.6) is 0 Å². The molecule has 0 fully saturated rings. The Bertz CT molecular complexity index is 1140. The molecular formula is C26H28N4. The van der Waals surface area contributed by atoms with E-state index in [0.29, 0.717) is 0 Å². The fraction of sp³-hybridized carbons (Fsp3) is 0.269. The van der Waals surface area contributed by atoms with Crippen LogP contribution in [0, 0.1) is 0 Å². The van der Waals surface area contributed by atoms with E-state index in [-0.39, 0.29) is 0 Å². The molecule has 0 saturated heterocycles. The maximum Gasteiger partial charge on any atom is 0.0810 e. The molecular weight excluding hydrogens is 368 g/mol. The van der Waals surface area contributed by atoms with E-state index in [2.05, 4.69) is 94.7 Å². The molecule has 1 aliphatic heterocycles. The maximum atomic E-state index is 4.84. The van der Waals surface area contributed by atoms with Crippen LogP contribution in [0.4, 0.5) is 0 Å². The lowest BCUT2D eigenvalue weighted by Crippen LogP contribution is -2.31. The van der Waals surface area contributed by atoms with Gasteiger partial charge in [-0.2, -0.15) is 5.10 Å². The van der Waals surface area contributed by atoms with Gasteiger partial charge in [-0.3, -0.25) is 9.58 Å². The fourth-order valence-electron chi connectivity index (χ4n) is 4.59. The number of fused-ring (bicyclic) bond motifs is 2. The van der Waals surface area contributed by atoms with E-state index in [1.807, 2.05) is 0 Å². The minimum atomic E-state index is 0.806. The molecule has 0 spiro atoms. The Kier molecular flexibility index (Phi) is 5.35. The first-order valence-corrected chi connectivity index (χ1v) is 10.8. The van der Waals surface area contributed by atoms with Gasteiger partial charge in [0, 0.05) is 57.4 Å². The zero-order valence-electron chi connectivity index (χ0n) is 17.5. The smallest absolute Gasteiger partial charge is 0.0810 e. The molecule has 30 heavy (non-hydrogen) atoms. The molecule has 2 heterocycles. The van der Waals surface area contributed by atoms with Gasteiger partial charge in [0.05, 0.1) is 5.69 Å². The molecule has 1 N–H and O–H groups in total. The van der Waals surface area contributed by atoms with Crippen molar-refractivity contribution >= 4 is 10.8 Å². The molecule has 0 bridgehead atoms. The van der Waals surface area contributed by atoms with Crippen molar-refractivity contribution < 1.29 is 0 Å². The van der Waals surface area contributed by atoms with Crippen LogP contribution in [0.2, 0.25) is 0 Å². The van der Waals surface area contributed by atoms with Gasteiger partial charge in [-0.15, -0.1) is 0 Å². The minimum Gasteiger partial charge on any atom is -0.307 e. The summed E-state index contributed by atoms with van der Waals surface area (Å²) >= 11 is 0. The Labute approximate surface area is 178 Å². The lowest BCUT2D eigenvalue weighted by Gasteiger charge is -2.28. The molecule has 152 valence electrons. The second kappa shape index (κ2) is 8.42. The zero-order chi connectivity index (χ0) is 20.3. The van der Waals surface area contributed by atoms with E-state index >= 15 is 0 Å². The van der Waals surface area contributed by atoms with Crippen LogP contribution in [-0.4, -0.2) is 21.2 Å². The first kappa shape index (κ1) is 19.0. The van der Waals surface area contributed by atoms with Crippen molar-refractivity contribution in [2.75, 3.05) is 6.54 Å². The summed E-state index contributed by atoms with van der Waals surface area (Å²) in [6.07, 6.45) is 1.06. The average molecular weight is 397 g/mol. The molecule has 4 nitrogen and oxygen atoms in total. The Morgan fingerprint density at radius 3 is 2.60 bits per heavy atom. The van der Waals surface area contributed by atoms with E-state index in [0.717, 1.165) is 39.1 Å². The Balaban J connectivity index is 1.30. The number of benzene rings is 3. The summed E-state index contributed by atoms with van der Waals surface area (Å²) in [7, 11) is 2.08. The first-order valence-electron chi connectivity index (χ1n) is 10.8. The van der Waals surface area contributed by atoms with Gasteiger partial charge in [-0.25, -0.2) is 0 Å². The molecule has 4 heteroatoms. The largest absolute Gasteiger partial charge is 0.307 e. The van der Waals surface area contributed by atoms with Crippen molar-refractivity contribution in [3.63, 3.8) is 0 Å². The van der Waals surface area contributed by atoms with Crippen molar-refractivity contribution in [3.05, 3.63) is 101 Å². The van der Waals surface area contributed by atoms with E-state index in [4.69, 9.17) is 5.10 Å². The summed E-state index contributed by atoms with van der Waals surface area (Å²) in [6.45, 7) is 4.69. The summed E-state index contributed by atoms with van der Waals surface area (Å²) in [4.78, 5) is 2.56. The van der Waals surface area contributed by atoms with Crippen LogP contribution in [0.3, 0.4) is 0 Å². The van der Waals surface area contributed by atoms with Gasteiger partial charge in [0.25, 0.3) is 0 Å². The second-order valence-corrected chi connectivity index (χ2v) is 8.18. The summed E-state index contributed by atoms with van der Waals surface area (Å²) in [6, 6.07) is 25.9. The number of nitrogens with one attached hydrogen (secondary N) is 1. The molecule has 5 rings (SSSR count). The summed E-state index contributed by atoms with van der Waals surface area (Å²) in [5.74, 6) is 0. The highest BCUT2D eigenvalue weighted by atomic mass is 15.3. The third-order valence-electron chi connectivity index (χ3n) is 6.14. The molecule has 0 radical (unpaired) electrons. The van der Waals surface area contributed by atoms with Gasteiger partial charge >= 0.3 is 0 Å². The minimum absolute atomic E-state index is 0.806. The predicted molar refractivity (Wildman–Crippen MR) is 122 cm³/mol. The van der Waals surface area contributed by atoms with E-state index in [9.17, 15) is 0 Å². The van der Waals surface area contributed by atoms with Gasteiger partial charge in [-0.1, -0.05) is 72.8 Å². The van der Waals surface area contributed by atoms with E-state index in [1.54, 1.807) is 0 Å². The molecule has 1 aliphatic rings. The SMILES string of the molecule is Cn1nc(CNCc2ccccc2)c2c1CCN(Cc1cccc3ccccc13)C2. The van der Waals surface area contributed by atoms with E-state index < -0.39 is 0 Å². The van der Waals surface area contributed by atoms with Crippen LogP contribution < -0.4 is 5.32 Å². The third-order valence-corrected chi connectivity index (χ3v) is 6.14.